The Hall–Kier alpha value is -1.32. The largest absolute Gasteiger partial charge is 0.353 e. The topological polar surface area (TPSA) is 49.4 Å². The monoisotopic (exact) mass is 140 g/mol. The number of amides is 1. The Labute approximate surface area is 58.5 Å². The molecule has 1 heterocycles. The fourth-order valence-electron chi connectivity index (χ4n) is 0.839. The maximum Gasteiger partial charge on any atom is 0.212 e. The lowest BCUT2D eigenvalue weighted by atomic mass is 10.4. The Balaban J connectivity index is 2.65. The van der Waals surface area contributed by atoms with E-state index in [9.17, 15) is 9.59 Å². The van der Waals surface area contributed by atoms with Gasteiger partial charge in [-0.05, 0) is 0 Å². The van der Waals surface area contributed by atoms with Gasteiger partial charge < -0.3 is 10.2 Å². The van der Waals surface area contributed by atoms with Crippen molar-refractivity contribution in [1.29, 1.82) is 0 Å². The summed E-state index contributed by atoms with van der Waals surface area (Å²) in [6, 6.07) is 0. The molecule has 1 aliphatic heterocycles. The second kappa shape index (κ2) is 2.51. The van der Waals surface area contributed by atoms with Crippen LogP contribution in [0.5, 0.6) is 0 Å². The zero-order valence-corrected chi connectivity index (χ0v) is 5.63. The van der Waals surface area contributed by atoms with Gasteiger partial charge in [-0.25, -0.2) is 0 Å². The van der Waals surface area contributed by atoms with Crippen molar-refractivity contribution in [3.8, 4) is 0 Å². The molecule has 0 atom stereocenters. The molecule has 0 unspecified atom stereocenters. The predicted octanol–water partition coefficient (Wildman–Crippen LogP) is -0.912. The third-order valence-electron chi connectivity index (χ3n) is 1.31. The molecule has 0 aliphatic carbocycles. The number of carbonyl (C=O) groups is 2. The Morgan fingerprint density at radius 1 is 1.80 bits per heavy atom. The maximum absolute atomic E-state index is 10.7. The van der Waals surface area contributed by atoms with E-state index in [0.29, 0.717) is 18.8 Å². The van der Waals surface area contributed by atoms with Crippen molar-refractivity contribution in [2.75, 3.05) is 13.6 Å². The van der Waals surface area contributed by atoms with Crippen LogP contribution in [0.25, 0.3) is 0 Å². The van der Waals surface area contributed by atoms with Gasteiger partial charge in [-0.2, -0.15) is 0 Å². The van der Waals surface area contributed by atoms with Gasteiger partial charge in [0.1, 0.15) is 5.82 Å². The fourth-order valence-corrected chi connectivity index (χ4v) is 0.839. The van der Waals surface area contributed by atoms with Gasteiger partial charge in [0.05, 0.1) is 6.54 Å². The van der Waals surface area contributed by atoms with Crippen LogP contribution in [0.3, 0.4) is 0 Å². The lowest BCUT2D eigenvalue weighted by Crippen LogP contribution is -2.24. The van der Waals surface area contributed by atoms with Crippen molar-refractivity contribution in [2.45, 2.75) is 0 Å². The van der Waals surface area contributed by atoms with Gasteiger partial charge in [-0.3, -0.25) is 9.59 Å². The zero-order valence-electron chi connectivity index (χ0n) is 5.63. The predicted molar refractivity (Wildman–Crippen MR) is 34.9 cm³/mol. The van der Waals surface area contributed by atoms with E-state index in [1.165, 1.54) is 6.08 Å². The average molecular weight is 140 g/mol. The molecule has 0 fully saturated rings. The van der Waals surface area contributed by atoms with Crippen molar-refractivity contribution in [1.82, 2.24) is 10.2 Å². The molecule has 4 heteroatoms. The third kappa shape index (κ3) is 1.15. The number of hydrogen-bond donors (Lipinski definition) is 1. The number of likely N-dealkylation sites (N-methyl/N-ethyl adjacent to an activating group) is 1. The van der Waals surface area contributed by atoms with E-state index in [-0.39, 0.29) is 5.78 Å². The first-order chi connectivity index (χ1) is 4.74. The number of ketones is 1. The highest BCUT2D eigenvalue weighted by atomic mass is 16.1. The molecule has 10 heavy (non-hydrogen) atoms. The van der Waals surface area contributed by atoms with Crippen molar-refractivity contribution >= 4 is 12.2 Å². The van der Waals surface area contributed by atoms with Crippen LogP contribution in [0.1, 0.15) is 0 Å². The molecule has 4 nitrogen and oxygen atoms in total. The van der Waals surface area contributed by atoms with Crippen LogP contribution >= 0.6 is 0 Å². The van der Waals surface area contributed by atoms with Crippen LogP contribution in [0, 0.1) is 0 Å². The van der Waals surface area contributed by atoms with E-state index in [4.69, 9.17) is 0 Å². The first-order valence-electron chi connectivity index (χ1n) is 2.90. The summed E-state index contributed by atoms with van der Waals surface area (Å²) < 4.78 is 0. The number of nitrogens with zero attached hydrogens (tertiary/aromatic N) is 1. The van der Waals surface area contributed by atoms with E-state index in [2.05, 4.69) is 5.32 Å². The summed E-state index contributed by atoms with van der Waals surface area (Å²) >= 11 is 0. The van der Waals surface area contributed by atoms with Crippen molar-refractivity contribution < 1.29 is 9.59 Å². The second-order valence-electron chi connectivity index (χ2n) is 2.11. The minimum atomic E-state index is 0.0202. The van der Waals surface area contributed by atoms with Crippen molar-refractivity contribution in [2.24, 2.45) is 0 Å². The third-order valence-corrected chi connectivity index (χ3v) is 1.31. The quantitative estimate of drug-likeness (QED) is 0.505. The number of carbonyl (C=O) groups excluding carboxylic acids is 2. The average Bonchev–Trinajstić information content (AvgIpc) is 2.13. The molecular weight excluding hydrogens is 132 g/mol. The van der Waals surface area contributed by atoms with E-state index in [1.54, 1.807) is 11.9 Å². The Morgan fingerprint density at radius 3 is 2.90 bits per heavy atom. The van der Waals surface area contributed by atoms with Crippen molar-refractivity contribution in [3.63, 3.8) is 0 Å². The minimum absolute atomic E-state index is 0.0202. The molecule has 0 aromatic heterocycles. The summed E-state index contributed by atoms with van der Waals surface area (Å²) in [5, 5.41) is 2.41. The number of nitrogens with one attached hydrogen (secondary N) is 1. The SMILES string of the molecule is CN1CC(=O)C=C1NC=O. The fraction of sp³-hybridized carbons (Fsp3) is 0.333. The van der Waals surface area contributed by atoms with Crippen LogP contribution in [0.15, 0.2) is 11.9 Å². The molecular formula is C6H8N2O2. The molecule has 1 amide bonds. The normalized spacial score (nSPS) is 17.1. The number of rotatable bonds is 2. The molecule has 0 saturated heterocycles. The van der Waals surface area contributed by atoms with Crippen LogP contribution in [0.4, 0.5) is 0 Å². The highest BCUT2D eigenvalue weighted by molar-refractivity contribution is 5.94. The summed E-state index contributed by atoms with van der Waals surface area (Å²) in [4.78, 5) is 22.3. The zero-order chi connectivity index (χ0) is 7.56. The smallest absolute Gasteiger partial charge is 0.212 e. The summed E-state index contributed by atoms with van der Waals surface area (Å²) in [5.41, 5.74) is 0. The van der Waals surface area contributed by atoms with Gasteiger partial charge in [-0.1, -0.05) is 0 Å². The molecule has 1 N–H and O–H groups in total. The van der Waals surface area contributed by atoms with E-state index in [1.807, 2.05) is 0 Å². The lowest BCUT2D eigenvalue weighted by Gasteiger charge is -2.12. The lowest BCUT2D eigenvalue weighted by molar-refractivity contribution is -0.114. The molecule has 0 radical (unpaired) electrons. The first kappa shape index (κ1) is 6.80. The molecule has 0 aromatic carbocycles. The summed E-state index contributed by atoms with van der Waals surface area (Å²) in [7, 11) is 1.74. The van der Waals surface area contributed by atoms with Gasteiger partial charge in [0.15, 0.2) is 5.78 Å². The molecule has 0 bridgehead atoms. The summed E-state index contributed by atoms with van der Waals surface area (Å²) in [6.07, 6.45) is 1.97. The summed E-state index contributed by atoms with van der Waals surface area (Å²) in [5.74, 6) is 0.590. The highest BCUT2D eigenvalue weighted by Gasteiger charge is 2.15. The van der Waals surface area contributed by atoms with Crippen LogP contribution in [-0.4, -0.2) is 30.7 Å². The molecule has 0 spiro atoms. The van der Waals surface area contributed by atoms with Gasteiger partial charge in [0.25, 0.3) is 0 Å². The van der Waals surface area contributed by atoms with Gasteiger partial charge in [-0.15, -0.1) is 0 Å². The van der Waals surface area contributed by atoms with E-state index in [0.717, 1.165) is 0 Å². The van der Waals surface area contributed by atoms with Crippen LogP contribution in [0.2, 0.25) is 0 Å². The first-order valence-corrected chi connectivity index (χ1v) is 2.90. The Morgan fingerprint density at radius 2 is 2.50 bits per heavy atom. The number of hydrogen-bond acceptors (Lipinski definition) is 3. The minimum Gasteiger partial charge on any atom is -0.353 e. The standard InChI is InChI=1S/C6H8N2O2/c1-8-3-5(10)2-6(8)7-4-9/h2,4H,3H2,1H3,(H,7,9). The van der Waals surface area contributed by atoms with Gasteiger partial charge in [0, 0.05) is 13.1 Å². The molecule has 0 aromatic rings. The molecule has 1 aliphatic rings. The molecule has 0 saturated carbocycles. The van der Waals surface area contributed by atoms with E-state index < -0.39 is 0 Å². The maximum atomic E-state index is 10.7. The summed E-state index contributed by atoms with van der Waals surface area (Å²) in [6.45, 7) is 0.357. The van der Waals surface area contributed by atoms with Gasteiger partial charge in [0.2, 0.25) is 6.41 Å². The van der Waals surface area contributed by atoms with Crippen LogP contribution < -0.4 is 5.32 Å². The van der Waals surface area contributed by atoms with E-state index >= 15 is 0 Å². The van der Waals surface area contributed by atoms with Crippen molar-refractivity contribution in [3.05, 3.63) is 11.9 Å². The Bertz CT molecular complexity index is 198. The highest BCUT2D eigenvalue weighted by Crippen LogP contribution is 2.04. The van der Waals surface area contributed by atoms with Gasteiger partial charge >= 0.3 is 0 Å². The second-order valence-corrected chi connectivity index (χ2v) is 2.11. The van der Waals surface area contributed by atoms with Crippen LogP contribution in [-0.2, 0) is 9.59 Å². The molecule has 54 valence electrons. The molecule has 1 rings (SSSR count). The Kier molecular flexibility index (Phi) is 1.71.